The summed E-state index contributed by atoms with van der Waals surface area (Å²) in [6.45, 7) is 1.90. The van der Waals surface area contributed by atoms with Gasteiger partial charge in [-0.15, -0.1) is 0 Å². The quantitative estimate of drug-likeness (QED) is 0.743. The van der Waals surface area contributed by atoms with Crippen LogP contribution in [0, 0.1) is 0 Å². The van der Waals surface area contributed by atoms with Crippen LogP contribution in [0.2, 0.25) is 5.02 Å². The number of nitrogens with zero attached hydrogens (tertiary/aromatic N) is 1. The maximum atomic E-state index is 10.9. The number of anilines is 1. The average molecular weight is 291 g/mol. The van der Waals surface area contributed by atoms with Crippen molar-refractivity contribution >= 4 is 35.1 Å². The molecule has 18 heavy (non-hydrogen) atoms. The third-order valence-corrected chi connectivity index (χ3v) is 4.07. The van der Waals surface area contributed by atoms with Gasteiger partial charge in [0.2, 0.25) is 0 Å². The standard InChI is InChI=1S/C11H15ClN2O3S/c1-6(8(5-15)18-2)14-10-9(12)7(11(16)17)3-4-13-10/h3-4,6,8,15H,5H2,1-2H3,(H,13,14)(H,16,17). The molecule has 0 aromatic carbocycles. The number of nitrogens with one attached hydrogen (secondary N) is 1. The van der Waals surface area contributed by atoms with E-state index < -0.39 is 5.97 Å². The Morgan fingerprint density at radius 1 is 1.67 bits per heavy atom. The Balaban J connectivity index is 2.91. The van der Waals surface area contributed by atoms with Crippen molar-refractivity contribution in [3.63, 3.8) is 0 Å². The summed E-state index contributed by atoms with van der Waals surface area (Å²) in [5.41, 5.74) is 0.00562. The number of aliphatic hydroxyl groups excluding tert-OH is 1. The third kappa shape index (κ3) is 3.51. The number of aromatic carboxylic acids is 1. The fourth-order valence-corrected chi connectivity index (χ4v) is 2.33. The fraction of sp³-hybridized carbons (Fsp3) is 0.455. The van der Waals surface area contributed by atoms with Crippen LogP contribution in [0.4, 0.5) is 5.82 Å². The summed E-state index contributed by atoms with van der Waals surface area (Å²) in [6.07, 6.45) is 3.28. The Morgan fingerprint density at radius 3 is 2.83 bits per heavy atom. The van der Waals surface area contributed by atoms with Crippen molar-refractivity contribution in [3.8, 4) is 0 Å². The molecule has 0 saturated heterocycles. The van der Waals surface area contributed by atoms with Crippen LogP contribution in [0.5, 0.6) is 0 Å². The summed E-state index contributed by atoms with van der Waals surface area (Å²) in [6, 6.07) is 1.26. The molecule has 1 heterocycles. The molecule has 1 aromatic heterocycles. The van der Waals surface area contributed by atoms with Crippen molar-refractivity contribution in [2.75, 3.05) is 18.2 Å². The number of rotatable bonds is 6. The predicted molar refractivity (Wildman–Crippen MR) is 73.7 cm³/mol. The molecule has 3 N–H and O–H groups in total. The molecule has 0 aliphatic carbocycles. The number of halogens is 1. The van der Waals surface area contributed by atoms with Gasteiger partial charge >= 0.3 is 5.97 Å². The lowest BCUT2D eigenvalue weighted by atomic mass is 10.2. The second-order valence-electron chi connectivity index (χ2n) is 3.72. The lowest BCUT2D eigenvalue weighted by Crippen LogP contribution is -2.31. The van der Waals surface area contributed by atoms with E-state index in [2.05, 4.69) is 10.3 Å². The normalized spacial score (nSPS) is 14.0. The molecule has 0 fully saturated rings. The third-order valence-electron chi connectivity index (χ3n) is 2.52. The Labute approximate surface area is 115 Å². The number of pyridine rings is 1. The minimum Gasteiger partial charge on any atom is -0.478 e. The highest BCUT2D eigenvalue weighted by molar-refractivity contribution is 7.99. The van der Waals surface area contributed by atoms with Gasteiger partial charge < -0.3 is 15.5 Å². The van der Waals surface area contributed by atoms with E-state index in [0.717, 1.165) is 0 Å². The molecule has 0 amide bonds. The van der Waals surface area contributed by atoms with Crippen LogP contribution in [-0.4, -0.2) is 45.3 Å². The first kappa shape index (κ1) is 15.1. The number of carboxylic acids is 1. The van der Waals surface area contributed by atoms with Gasteiger partial charge in [0.15, 0.2) is 0 Å². The molecule has 0 aliphatic rings. The van der Waals surface area contributed by atoms with E-state index in [-0.39, 0.29) is 28.5 Å². The van der Waals surface area contributed by atoms with Gasteiger partial charge in [0.05, 0.1) is 17.2 Å². The molecular formula is C11H15ClN2O3S. The van der Waals surface area contributed by atoms with Crippen molar-refractivity contribution in [1.29, 1.82) is 0 Å². The fourth-order valence-electron chi connectivity index (χ4n) is 1.45. The van der Waals surface area contributed by atoms with Crippen molar-refractivity contribution in [2.45, 2.75) is 18.2 Å². The number of aliphatic hydroxyl groups is 1. The first-order chi connectivity index (χ1) is 8.51. The molecule has 0 spiro atoms. The van der Waals surface area contributed by atoms with Crippen molar-refractivity contribution in [2.24, 2.45) is 0 Å². The van der Waals surface area contributed by atoms with Crippen LogP contribution in [0.3, 0.4) is 0 Å². The number of carboxylic acid groups (broad SMARTS) is 1. The van der Waals surface area contributed by atoms with Gasteiger partial charge in [-0.05, 0) is 19.2 Å². The first-order valence-electron chi connectivity index (χ1n) is 5.29. The van der Waals surface area contributed by atoms with Crippen LogP contribution >= 0.6 is 23.4 Å². The zero-order chi connectivity index (χ0) is 13.7. The summed E-state index contributed by atoms with van der Waals surface area (Å²) in [5.74, 6) is -0.779. The maximum Gasteiger partial charge on any atom is 0.337 e. The van der Waals surface area contributed by atoms with E-state index in [1.807, 2.05) is 13.2 Å². The summed E-state index contributed by atoms with van der Waals surface area (Å²) in [7, 11) is 0. The minimum absolute atomic E-state index is 0.00562. The largest absolute Gasteiger partial charge is 0.478 e. The van der Waals surface area contributed by atoms with Crippen molar-refractivity contribution in [1.82, 2.24) is 4.98 Å². The Morgan fingerprint density at radius 2 is 2.33 bits per heavy atom. The number of hydrogen-bond donors (Lipinski definition) is 3. The van der Waals surface area contributed by atoms with E-state index >= 15 is 0 Å². The van der Waals surface area contributed by atoms with Crippen LogP contribution in [0.1, 0.15) is 17.3 Å². The summed E-state index contributed by atoms with van der Waals surface area (Å²) in [4.78, 5) is 14.9. The van der Waals surface area contributed by atoms with Gasteiger partial charge in [-0.3, -0.25) is 0 Å². The summed E-state index contributed by atoms with van der Waals surface area (Å²) in [5, 5.41) is 21.2. The lowest BCUT2D eigenvalue weighted by Gasteiger charge is -2.22. The van der Waals surface area contributed by atoms with Gasteiger partial charge in [0.1, 0.15) is 5.82 Å². The SMILES string of the molecule is CSC(CO)C(C)Nc1nccc(C(=O)O)c1Cl. The molecule has 100 valence electrons. The second-order valence-corrected chi connectivity index (χ2v) is 5.17. The van der Waals surface area contributed by atoms with E-state index in [0.29, 0.717) is 5.82 Å². The van der Waals surface area contributed by atoms with E-state index in [1.54, 1.807) is 0 Å². The highest BCUT2D eigenvalue weighted by Gasteiger charge is 2.19. The number of hydrogen-bond acceptors (Lipinski definition) is 5. The van der Waals surface area contributed by atoms with Crippen molar-refractivity contribution < 1.29 is 15.0 Å². The lowest BCUT2D eigenvalue weighted by molar-refractivity contribution is 0.0697. The molecule has 7 heteroatoms. The van der Waals surface area contributed by atoms with E-state index in [1.165, 1.54) is 24.0 Å². The molecule has 0 aliphatic heterocycles. The van der Waals surface area contributed by atoms with Crippen LogP contribution in [0.15, 0.2) is 12.3 Å². The highest BCUT2D eigenvalue weighted by atomic mass is 35.5. The molecule has 0 saturated carbocycles. The molecule has 2 atom stereocenters. The first-order valence-corrected chi connectivity index (χ1v) is 6.95. The van der Waals surface area contributed by atoms with Crippen LogP contribution in [-0.2, 0) is 0 Å². The monoisotopic (exact) mass is 290 g/mol. The van der Waals surface area contributed by atoms with Gasteiger partial charge in [-0.1, -0.05) is 11.6 Å². The summed E-state index contributed by atoms with van der Waals surface area (Å²) >= 11 is 7.48. The average Bonchev–Trinajstić information content (AvgIpc) is 2.33. The van der Waals surface area contributed by atoms with Gasteiger partial charge in [0.25, 0.3) is 0 Å². The molecular weight excluding hydrogens is 276 g/mol. The number of aromatic nitrogens is 1. The molecule has 1 rings (SSSR count). The molecule has 2 unspecified atom stereocenters. The maximum absolute atomic E-state index is 10.9. The van der Waals surface area contributed by atoms with Crippen molar-refractivity contribution in [3.05, 3.63) is 22.8 Å². The predicted octanol–water partition coefficient (Wildman–Crippen LogP) is 1.96. The Kier molecular flexibility index (Phi) is 5.71. The summed E-state index contributed by atoms with van der Waals surface area (Å²) < 4.78 is 0. The molecule has 1 aromatic rings. The smallest absolute Gasteiger partial charge is 0.337 e. The van der Waals surface area contributed by atoms with E-state index in [9.17, 15) is 9.90 Å². The Bertz CT molecular complexity index is 427. The molecule has 5 nitrogen and oxygen atoms in total. The second kappa shape index (κ2) is 6.82. The highest BCUT2D eigenvalue weighted by Crippen LogP contribution is 2.25. The topological polar surface area (TPSA) is 82.5 Å². The number of carbonyl (C=O) groups is 1. The number of thioether (sulfide) groups is 1. The van der Waals surface area contributed by atoms with Gasteiger partial charge in [-0.25, -0.2) is 9.78 Å². The van der Waals surface area contributed by atoms with E-state index in [4.69, 9.17) is 16.7 Å². The zero-order valence-electron chi connectivity index (χ0n) is 10.1. The zero-order valence-corrected chi connectivity index (χ0v) is 11.6. The van der Waals surface area contributed by atoms with Gasteiger partial charge in [0, 0.05) is 17.5 Å². The van der Waals surface area contributed by atoms with Crippen LogP contribution < -0.4 is 5.32 Å². The minimum atomic E-state index is -1.10. The Hall–Kier alpha value is -0.980. The van der Waals surface area contributed by atoms with Gasteiger partial charge in [-0.2, -0.15) is 11.8 Å². The molecule has 0 radical (unpaired) electrons. The molecule has 0 bridgehead atoms. The van der Waals surface area contributed by atoms with Crippen LogP contribution in [0.25, 0.3) is 0 Å².